The molecule has 0 saturated carbocycles. The summed E-state index contributed by atoms with van der Waals surface area (Å²) >= 11 is 0. The smallest absolute Gasteiger partial charge is 0.338 e. The summed E-state index contributed by atoms with van der Waals surface area (Å²) in [5, 5.41) is 2.42. The number of amides is 2. The molecule has 0 saturated heterocycles. The lowest BCUT2D eigenvalue weighted by Crippen LogP contribution is -2.19. The van der Waals surface area contributed by atoms with Gasteiger partial charge in [-0.1, -0.05) is 36.4 Å². The van der Waals surface area contributed by atoms with Gasteiger partial charge < -0.3 is 15.8 Å². The van der Waals surface area contributed by atoms with E-state index < -0.39 is 12.0 Å². The van der Waals surface area contributed by atoms with Crippen LogP contribution < -0.4 is 11.1 Å². The highest BCUT2D eigenvalue weighted by Crippen LogP contribution is 2.10. The molecule has 0 bridgehead atoms. The maximum atomic E-state index is 11.8. The molecular formula is C17H16N2O3. The van der Waals surface area contributed by atoms with Gasteiger partial charge in [-0.3, -0.25) is 0 Å². The molecule has 2 aromatic rings. The highest BCUT2D eigenvalue weighted by atomic mass is 16.5. The van der Waals surface area contributed by atoms with Crippen molar-refractivity contribution in [2.24, 2.45) is 5.73 Å². The van der Waals surface area contributed by atoms with Crippen LogP contribution in [0.2, 0.25) is 0 Å². The van der Waals surface area contributed by atoms with E-state index in [2.05, 4.69) is 5.32 Å². The minimum absolute atomic E-state index is 0.189. The Morgan fingerprint density at radius 1 is 1.05 bits per heavy atom. The first-order valence-corrected chi connectivity index (χ1v) is 6.70. The van der Waals surface area contributed by atoms with E-state index in [0.717, 1.165) is 5.56 Å². The van der Waals surface area contributed by atoms with Gasteiger partial charge in [-0.25, -0.2) is 9.59 Å². The van der Waals surface area contributed by atoms with Crippen LogP contribution in [0.4, 0.5) is 10.5 Å². The third-order valence-electron chi connectivity index (χ3n) is 2.81. The van der Waals surface area contributed by atoms with Gasteiger partial charge >= 0.3 is 12.0 Å². The Labute approximate surface area is 128 Å². The summed E-state index contributed by atoms with van der Waals surface area (Å²) in [5.74, 6) is -0.427. The van der Waals surface area contributed by atoms with Crippen molar-refractivity contribution in [3.8, 4) is 0 Å². The highest BCUT2D eigenvalue weighted by Gasteiger charge is 2.06. The maximum Gasteiger partial charge on any atom is 0.338 e. The van der Waals surface area contributed by atoms with Gasteiger partial charge in [-0.2, -0.15) is 0 Å². The van der Waals surface area contributed by atoms with Gasteiger partial charge in [0, 0.05) is 5.69 Å². The van der Waals surface area contributed by atoms with Crippen molar-refractivity contribution in [1.29, 1.82) is 0 Å². The molecule has 112 valence electrons. The standard InChI is InChI=1S/C17H16N2O3/c18-17(21)19-15-10-8-14(9-11-15)16(20)22-12-4-7-13-5-2-1-3-6-13/h1-11H,12H2,(H3,18,19,21)/b7-4+. The van der Waals surface area contributed by atoms with Gasteiger partial charge in [-0.15, -0.1) is 0 Å². The number of esters is 1. The van der Waals surface area contributed by atoms with Crippen molar-refractivity contribution in [3.05, 3.63) is 71.8 Å². The number of urea groups is 1. The lowest BCUT2D eigenvalue weighted by Gasteiger charge is -2.04. The number of anilines is 1. The van der Waals surface area contributed by atoms with Gasteiger partial charge in [0.05, 0.1) is 5.56 Å². The summed E-state index contributed by atoms with van der Waals surface area (Å²) < 4.78 is 5.13. The molecule has 0 unspecified atom stereocenters. The number of rotatable bonds is 5. The van der Waals surface area contributed by atoms with Crippen molar-refractivity contribution in [1.82, 2.24) is 0 Å². The first-order chi connectivity index (χ1) is 10.6. The first-order valence-electron chi connectivity index (χ1n) is 6.70. The van der Waals surface area contributed by atoms with Crippen LogP contribution >= 0.6 is 0 Å². The summed E-state index contributed by atoms with van der Waals surface area (Å²) in [6.45, 7) is 0.189. The predicted octanol–water partition coefficient (Wildman–Crippen LogP) is 3.05. The summed E-state index contributed by atoms with van der Waals surface area (Å²) in [6, 6.07) is 15.4. The molecule has 0 heterocycles. The van der Waals surface area contributed by atoms with E-state index >= 15 is 0 Å². The van der Waals surface area contributed by atoms with E-state index in [4.69, 9.17) is 10.5 Å². The fourth-order valence-electron chi connectivity index (χ4n) is 1.79. The maximum absolute atomic E-state index is 11.8. The number of nitrogens with one attached hydrogen (secondary N) is 1. The second-order valence-corrected chi connectivity index (χ2v) is 4.48. The summed E-state index contributed by atoms with van der Waals surface area (Å²) in [4.78, 5) is 22.5. The van der Waals surface area contributed by atoms with Crippen molar-refractivity contribution in [2.45, 2.75) is 0 Å². The van der Waals surface area contributed by atoms with Crippen molar-refractivity contribution in [2.75, 3.05) is 11.9 Å². The Bertz CT molecular complexity index is 664. The topological polar surface area (TPSA) is 81.4 Å². The average Bonchev–Trinajstić information content (AvgIpc) is 2.52. The molecule has 5 heteroatoms. The van der Waals surface area contributed by atoms with Gasteiger partial charge in [0.15, 0.2) is 0 Å². The number of nitrogens with two attached hydrogens (primary N) is 1. The Kier molecular flexibility index (Phi) is 5.31. The van der Waals surface area contributed by atoms with Crippen LogP contribution in [0.15, 0.2) is 60.7 Å². The molecule has 3 N–H and O–H groups in total. The molecule has 5 nitrogen and oxygen atoms in total. The molecule has 2 amide bonds. The lowest BCUT2D eigenvalue weighted by atomic mass is 10.2. The Morgan fingerprint density at radius 3 is 2.36 bits per heavy atom. The molecule has 0 aromatic heterocycles. The van der Waals surface area contributed by atoms with E-state index in [9.17, 15) is 9.59 Å². The quantitative estimate of drug-likeness (QED) is 0.832. The van der Waals surface area contributed by atoms with Crippen LogP contribution in [0, 0.1) is 0 Å². The van der Waals surface area contributed by atoms with Gasteiger partial charge in [0.25, 0.3) is 0 Å². The monoisotopic (exact) mass is 296 g/mol. The average molecular weight is 296 g/mol. The Morgan fingerprint density at radius 2 is 1.73 bits per heavy atom. The fourth-order valence-corrected chi connectivity index (χ4v) is 1.79. The number of benzene rings is 2. The molecule has 0 aliphatic carbocycles. The van der Waals surface area contributed by atoms with E-state index in [1.54, 1.807) is 30.3 Å². The molecule has 0 spiro atoms. The highest BCUT2D eigenvalue weighted by molar-refractivity contribution is 5.91. The third-order valence-corrected chi connectivity index (χ3v) is 2.81. The van der Waals surface area contributed by atoms with Crippen LogP contribution in [-0.4, -0.2) is 18.6 Å². The molecule has 0 aliphatic rings. The number of primary amides is 1. The molecule has 0 aliphatic heterocycles. The second kappa shape index (κ2) is 7.64. The zero-order chi connectivity index (χ0) is 15.8. The largest absolute Gasteiger partial charge is 0.458 e. The number of hydrogen-bond donors (Lipinski definition) is 2. The van der Waals surface area contributed by atoms with E-state index in [1.807, 2.05) is 36.4 Å². The van der Waals surface area contributed by atoms with Crippen LogP contribution in [0.25, 0.3) is 6.08 Å². The van der Waals surface area contributed by atoms with E-state index in [1.165, 1.54) is 0 Å². The van der Waals surface area contributed by atoms with Gasteiger partial charge in [-0.05, 0) is 35.9 Å². The SMILES string of the molecule is NC(=O)Nc1ccc(C(=O)OC/C=C/c2ccccc2)cc1. The van der Waals surface area contributed by atoms with Crippen LogP contribution in [-0.2, 0) is 4.74 Å². The van der Waals surface area contributed by atoms with Crippen molar-refractivity contribution >= 4 is 23.8 Å². The molecule has 0 radical (unpaired) electrons. The zero-order valence-electron chi connectivity index (χ0n) is 11.9. The number of carbonyl (C=O) groups is 2. The zero-order valence-corrected chi connectivity index (χ0v) is 11.9. The predicted molar refractivity (Wildman–Crippen MR) is 85.4 cm³/mol. The first kappa shape index (κ1) is 15.3. The minimum Gasteiger partial charge on any atom is -0.458 e. The number of hydrogen-bond acceptors (Lipinski definition) is 3. The minimum atomic E-state index is -0.652. The summed E-state index contributed by atoms with van der Waals surface area (Å²) in [6.07, 6.45) is 3.66. The molecule has 22 heavy (non-hydrogen) atoms. The Balaban J connectivity index is 1.84. The normalized spacial score (nSPS) is 10.4. The van der Waals surface area contributed by atoms with Crippen molar-refractivity contribution < 1.29 is 14.3 Å². The van der Waals surface area contributed by atoms with Crippen LogP contribution in [0.1, 0.15) is 15.9 Å². The summed E-state index contributed by atoms with van der Waals surface area (Å²) in [5.41, 5.74) is 6.97. The number of ether oxygens (including phenoxy) is 1. The molecular weight excluding hydrogens is 280 g/mol. The molecule has 0 fully saturated rings. The molecule has 2 rings (SSSR count). The summed E-state index contributed by atoms with van der Waals surface area (Å²) in [7, 11) is 0. The van der Waals surface area contributed by atoms with Crippen LogP contribution in [0.3, 0.4) is 0 Å². The second-order valence-electron chi connectivity index (χ2n) is 4.48. The van der Waals surface area contributed by atoms with Gasteiger partial charge in [0.2, 0.25) is 0 Å². The fraction of sp³-hybridized carbons (Fsp3) is 0.0588. The molecule has 0 atom stereocenters. The van der Waals surface area contributed by atoms with Crippen molar-refractivity contribution in [3.63, 3.8) is 0 Å². The Hall–Kier alpha value is -3.08. The van der Waals surface area contributed by atoms with Gasteiger partial charge in [0.1, 0.15) is 6.61 Å². The lowest BCUT2D eigenvalue weighted by molar-refractivity contribution is 0.0550. The third kappa shape index (κ3) is 4.79. The van der Waals surface area contributed by atoms with E-state index in [-0.39, 0.29) is 6.61 Å². The molecule has 2 aromatic carbocycles. The van der Waals surface area contributed by atoms with Crippen LogP contribution in [0.5, 0.6) is 0 Å². The van der Waals surface area contributed by atoms with E-state index in [0.29, 0.717) is 11.3 Å². The number of carbonyl (C=O) groups excluding carboxylic acids is 2.